The summed E-state index contributed by atoms with van der Waals surface area (Å²) < 4.78 is 0. The van der Waals surface area contributed by atoms with Gasteiger partial charge in [0.25, 0.3) is 0 Å². The second kappa shape index (κ2) is 6.67. The van der Waals surface area contributed by atoms with Crippen molar-refractivity contribution in [3.63, 3.8) is 0 Å². The van der Waals surface area contributed by atoms with Crippen LogP contribution in [-0.2, 0) is 0 Å². The van der Waals surface area contributed by atoms with Gasteiger partial charge in [-0.15, -0.1) is 0 Å². The third-order valence-electron chi connectivity index (χ3n) is 2.95. The Kier molecular flexibility index (Phi) is 5.47. The molecule has 0 bridgehead atoms. The lowest BCUT2D eigenvalue weighted by Gasteiger charge is -2.22. The van der Waals surface area contributed by atoms with Crippen LogP contribution in [0.5, 0.6) is 0 Å². The molecule has 0 aromatic rings. The second-order valence-electron chi connectivity index (χ2n) is 4.28. The monoisotopic (exact) mass is 213 g/mol. The minimum absolute atomic E-state index is 0.0963. The molecule has 0 aromatic carbocycles. The van der Waals surface area contributed by atoms with Crippen molar-refractivity contribution in [1.82, 2.24) is 15.5 Å². The van der Waals surface area contributed by atoms with E-state index in [1.54, 1.807) is 0 Å². The van der Waals surface area contributed by atoms with Crippen LogP contribution in [0.4, 0.5) is 4.79 Å². The zero-order valence-corrected chi connectivity index (χ0v) is 9.88. The van der Waals surface area contributed by atoms with Gasteiger partial charge in [0.1, 0.15) is 0 Å². The number of nitrogens with zero attached hydrogens (tertiary/aromatic N) is 1. The number of likely N-dealkylation sites (tertiary alicyclic amines) is 1. The van der Waals surface area contributed by atoms with E-state index in [0.717, 1.165) is 25.9 Å². The number of rotatable bonds is 3. The van der Waals surface area contributed by atoms with Crippen molar-refractivity contribution in [2.45, 2.75) is 38.6 Å². The van der Waals surface area contributed by atoms with Gasteiger partial charge in [-0.05, 0) is 26.8 Å². The van der Waals surface area contributed by atoms with Gasteiger partial charge in [-0.3, -0.25) is 0 Å². The van der Waals surface area contributed by atoms with E-state index in [0.29, 0.717) is 12.6 Å². The van der Waals surface area contributed by atoms with E-state index in [1.165, 1.54) is 12.8 Å². The first-order valence-corrected chi connectivity index (χ1v) is 5.94. The topological polar surface area (TPSA) is 44.4 Å². The van der Waals surface area contributed by atoms with E-state index >= 15 is 0 Å². The molecule has 15 heavy (non-hydrogen) atoms. The number of carbonyl (C=O) groups excluding carboxylic acids is 1. The van der Waals surface area contributed by atoms with E-state index in [2.05, 4.69) is 17.6 Å². The van der Waals surface area contributed by atoms with Gasteiger partial charge in [0, 0.05) is 25.7 Å². The molecular formula is C11H23N3O. The average Bonchev–Trinajstić information content (AvgIpc) is 2.53. The summed E-state index contributed by atoms with van der Waals surface area (Å²) in [4.78, 5) is 13.7. The Hall–Kier alpha value is -0.770. The Morgan fingerprint density at radius 3 is 2.40 bits per heavy atom. The van der Waals surface area contributed by atoms with Gasteiger partial charge in [0.15, 0.2) is 0 Å². The van der Waals surface area contributed by atoms with Crippen LogP contribution in [0.25, 0.3) is 0 Å². The molecule has 88 valence electrons. The van der Waals surface area contributed by atoms with Crippen LogP contribution in [0, 0.1) is 0 Å². The number of carbonyl (C=O) groups is 1. The molecule has 1 rings (SSSR count). The molecule has 0 radical (unpaired) electrons. The SMILES string of the molecule is CNC(C)CNC(=O)N1CCCCCC1. The number of urea groups is 1. The Bertz CT molecular complexity index is 188. The maximum Gasteiger partial charge on any atom is 0.317 e. The fourth-order valence-electron chi connectivity index (χ4n) is 1.73. The summed E-state index contributed by atoms with van der Waals surface area (Å²) in [5, 5.41) is 6.06. The highest BCUT2D eigenvalue weighted by Crippen LogP contribution is 2.09. The molecule has 0 spiro atoms. The van der Waals surface area contributed by atoms with Crippen LogP contribution in [0.1, 0.15) is 32.6 Å². The summed E-state index contributed by atoms with van der Waals surface area (Å²) >= 11 is 0. The van der Waals surface area contributed by atoms with Crippen molar-refractivity contribution in [1.29, 1.82) is 0 Å². The largest absolute Gasteiger partial charge is 0.336 e. The number of amides is 2. The normalized spacial score (nSPS) is 19.5. The van der Waals surface area contributed by atoms with Crippen molar-refractivity contribution < 1.29 is 4.79 Å². The number of likely N-dealkylation sites (N-methyl/N-ethyl adjacent to an activating group) is 1. The summed E-state index contributed by atoms with van der Waals surface area (Å²) in [6.45, 7) is 4.59. The highest BCUT2D eigenvalue weighted by Gasteiger charge is 2.14. The molecule has 4 nitrogen and oxygen atoms in total. The lowest BCUT2D eigenvalue weighted by molar-refractivity contribution is 0.199. The maximum absolute atomic E-state index is 11.8. The quantitative estimate of drug-likeness (QED) is 0.739. The van der Waals surface area contributed by atoms with Crippen molar-refractivity contribution in [2.24, 2.45) is 0 Å². The Balaban J connectivity index is 2.25. The van der Waals surface area contributed by atoms with Crippen molar-refractivity contribution >= 4 is 6.03 Å². The molecule has 2 amide bonds. The Morgan fingerprint density at radius 2 is 1.87 bits per heavy atom. The number of hydrogen-bond donors (Lipinski definition) is 2. The van der Waals surface area contributed by atoms with Crippen LogP contribution >= 0.6 is 0 Å². The molecule has 4 heteroatoms. The van der Waals surface area contributed by atoms with Crippen molar-refractivity contribution in [3.8, 4) is 0 Å². The van der Waals surface area contributed by atoms with Crippen LogP contribution in [0.15, 0.2) is 0 Å². The molecule has 2 N–H and O–H groups in total. The Labute approximate surface area is 92.4 Å². The predicted molar refractivity (Wildman–Crippen MR) is 62.0 cm³/mol. The molecule has 1 heterocycles. The molecule has 1 saturated heterocycles. The standard InChI is InChI=1S/C11H23N3O/c1-10(12-2)9-13-11(15)14-7-5-3-4-6-8-14/h10,12H,3-9H2,1-2H3,(H,13,15). The fraction of sp³-hybridized carbons (Fsp3) is 0.909. The molecule has 1 aliphatic rings. The molecule has 1 aliphatic heterocycles. The molecule has 0 saturated carbocycles. The van der Waals surface area contributed by atoms with Crippen LogP contribution in [-0.4, -0.2) is 43.7 Å². The zero-order chi connectivity index (χ0) is 11.1. The summed E-state index contributed by atoms with van der Waals surface area (Å²) in [7, 11) is 1.91. The molecule has 1 unspecified atom stereocenters. The predicted octanol–water partition coefficient (Wildman–Crippen LogP) is 1.18. The van der Waals surface area contributed by atoms with Gasteiger partial charge in [0.05, 0.1) is 0 Å². The molecule has 1 atom stereocenters. The van der Waals surface area contributed by atoms with Gasteiger partial charge in [-0.25, -0.2) is 4.79 Å². The van der Waals surface area contributed by atoms with E-state index in [1.807, 2.05) is 11.9 Å². The first-order valence-electron chi connectivity index (χ1n) is 5.94. The van der Waals surface area contributed by atoms with Gasteiger partial charge >= 0.3 is 6.03 Å². The minimum Gasteiger partial charge on any atom is -0.336 e. The first kappa shape index (κ1) is 12.3. The fourth-order valence-corrected chi connectivity index (χ4v) is 1.73. The van der Waals surface area contributed by atoms with Crippen LogP contribution in [0.3, 0.4) is 0 Å². The molecular weight excluding hydrogens is 190 g/mol. The maximum atomic E-state index is 11.8. The van der Waals surface area contributed by atoms with Gasteiger partial charge in [-0.1, -0.05) is 12.8 Å². The van der Waals surface area contributed by atoms with Crippen LogP contribution in [0.2, 0.25) is 0 Å². The smallest absolute Gasteiger partial charge is 0.317 e. The van der Waals surface area contributed by atoms with Gasteiger partial charge in [-0.2, -0.15) is 0 Å². The highest BCUT2D eigenvalue weighted by atomic mass is 16.2. The van der Waals surface area contributed by atoms with Gasteiger partial charge < -0.3 is 15.5 Å². The number of hydrogen-bond acceptors (Lipinski definition) is 2. The Morgan fingerprint density at radius 1 is 1.27 bits per heavy atom. The highest BCUT2D eigenvalue weighted by molar-refractivity contribution is 5.74. The van der Waals surface area contributed by atoms with E-state index in [9.17, 15) is 4.79 Å². The van der Waals surface area contributed by atoms with Gasteiger partial charge in [0.2, 0.25) is 0 Å². The lowest BCUT2D eigenvalue weighted by Crippen LogP contribution is -2.45. The molecule has 1 fully saturated rings. The molecule has 0 aromatic heterocycles. The summed E-state index contributed by atoms with van der Waals surface area (Å²) in [5.41, 5.74) is 0. The minimum atomic E-state index is 0.0963. The first-order chi connectivity index (χ1) is 7.24. The van der Waals surface area contributed by atoms with Crippen LogP contribution < -0.4 is 10.6 Å². The van der Waals surface area contributed by atoms with Crippen molar-refractivity contribution in [2.75, 3.05) is 26.7 Å². The third-order valence-corrected chi connectivity index (χ3v) is 2.95. The van der Waals surface area contributed by atoms with E-state index in [-0.39, 0.29) is 6.03 Å². The zero-order valence-electron chi connectivity index (χ0n) is 9.88. The number of nitrogens with one attached hydrogen (secondary N) is 2. The lowest BCUT2D eigenvalue weighted by atomic mass is 10.2. The summed E-state index contributed by atoms with van der Waals surface area (Å²) in [5.74, 6) is 0. The molecule has 0 aliphatic carbocycles. The summed E-state index contributed by atoms with van der Waals surface area (Å²) in [6.07, 6.45) is 4.82. The third kappa shape index (κ3) is 4.51. The second-order valence-corrected chi connectivity index (χ2v) is 4.28. The van der Waals surface area contributed by atoms with E-state index < -0.39 is 0 Å². The summed E-state index contributed by atoms with van der Waals surface area (Å²) in [6, 6.07) is 0.430. The van der Waals surface area contributed by atoms with Crippen molar-refractivity contribution in [3.05, 3.63) is 0 Å². The van der Waals surface area contributed by atoms with E-state index in [4.69, 9.17) is 0 Å². The average molecular weight is 213 g/mol.